The molecule has 0 unspecified atom stereocenters. The number of likely N-dealkylation sites (N-methyl/N-ethyl adjacent to an activating group) is 1. The lowest BCUT2D eigenvalue weighted by Crippen LogP contribution is -2.46. The molecule has 1 aliphatic heterocycles. The van der Waals surface area contributed by atoms with Crippen molar-refractivity contribution in [2.24, 2.45) is 7.05 Å². The summed E-state index contributed by atoms with van der Waals surface area (Å²) in [5, 5.41) is 4.66. The van der Waals surface area contributed by atoms with Gasteiger partial charge in [-0.3, -0.25) is 4.79 Å². The van der Waals surface area contributed by atoms with Gasteiger partial charge in [0.2, 0.25) is 0 Å². The fraction of sp³-hybridized carbons (Fsp3) is 0.375. The van der Waals surface area contributed by atoms with Crippen LogP contribution in [0, 0.1) is 6.92 Å². The summed E-state index contributed by atoms with van der Waals surface area (Å²) in [6.07, 6.45) is 0. The number of anilines is 2. The molecule has 0 spiro atoms. The van der Waals surface area contributed by atoms with Crippen LogP contribution in [0.4, 0.5) is 11.4 Å². The van der Waals surface area contributed by atoms with Gasteiger partial charge in [-0.05, 0) is 49.4 Å². The summed E-state index contributed by atoms with van der Waals surface area (Å²) in [7, 11) is 1.83. The number of aryl methyl sites for hydroxylation is 2. The lowest BCUT2D eigenvalue weighted by molar-refractivity contribution is 0.271. The highest BCUT2D eigenvalue weighted by atomic mass is 16.1. The highest BCUT2D eigenvalue weighted by Crippen LogP contribution is 2.24. The summed E-state index contributed by atoms with van der Waals surface area (Å²) in [6, 6.07) is 16.9. The first kappa shape index (κ1) is 19.5. The SMILES string of the molecule is CCN1CCN(c2ccccc2CNc2ccc3c(c2)cc(C)c(=O)n3C)CC1. The summed E-state index contributed by atoms with van der Waals surface area (Å²) < 4.78 is 1.72. The van der Waals surface area contributed by atoms with Crippen LogP contribution in [-0.2, 0) is 13.6 Å². The van der Waals surface area contributed by atoms with Crippen LogP contribution in [0.25, 0.3) is 10.9 Å². The summed E-state index contributed by atoms with van der Waals surface area (Å²) in [6.45, 7) is 10.4. The van der Waals surface area contributed by atoms with Crippen molar-refractivity contribution in [1.82, 2.24) is 9.47 Å². The van der Waals surface area contributed by atoms with Crippen LogP contribution < -0.4 is 15.8 Å². The van der Waals surface area contributed by atoms with Gasteiger partial charge < -0.3 is 19.7 Å². The van der Waals surface area contributed by atoms with E-state index >= 15 is 0 Å². The van der Waals surface area contributed by atoms with Crippen LogP contribution >= 0.6 is 0 Å². The van der Waals surface area contributed by atoms with Crippen LogP contribution in [0.15, 0.2) is 53.3 Å². The van der Waals surface area contributed by atoms with E-state index in [1.54, 1.807) is 4.57 Å². The number of piperazine rings is 1. The van der Waals surface area contributed by atoms with Gasteiger partial charge in [0.05, 0.1) is 5.52 Å². The topological polar surface area (TPSA) is 40.5 Å². The molecule has 4 rings (SSSR count). The predicted molar refractivity (Wildman–Crippen MR) is 122 cm³/mol. The van der Waals surface area contributed by atoms with Crippen molar-refractivity contribution in [2.45, 2.75) is 20.4 Å². The predicted octanol–water partition coefficient (Wildman–Crippen LogP) is 3.60. The number of benzene rings is 2. The van der Waals surface area contributed by atoms with Gasteiger partial charge in [-0.25, -0.2) is 0 Å². The molecule has 29 heavy (non-hydrogen) atoms. The molecule has 2 aromatic carbocycles. The largest absolute Gasteiger partial charge is 0.381 e. The summed E-state index contributed by atoms with van der Waals surface area (Å²) in [5.41, 5.74) is 5.51. The Morgan fingerprint density at radius 3 is 2.52 bits per heavy atom. The van der Waals surface area contributed by atoms with Crippen LogP contribution in [0.5, 0.6) is 0 Å². The highest BCUT2D eigenvalue weighted by Gasteiger charge is 2.17. The van der Waals surface area contributed by atoms with Gasteiger partial charge in [0.1, 0.15) is 0 Å². The zero-order valence-corrected chi connectivity index (χ0v) is 17.6. The fourth-order valence-electron chi connectivity index (χ4n) is 4.23. The molecule has 0 saturated carbocycles. The first-order chi connectivity index (χ1) is 14.1. The maximum Gasteiger partial charge on any atom is 0.253 e. The van der Waals surface area contributed by atoms with Crippen LogP contribution in [0.3, 0.4) is 0 Å². The second-order valence-corrected chi connectivity index (χ2v) is 7.87. The Hall–Kier alpha value is -2.79. The van der Waals surface area contributed by atoms with E-state index in [2.05, 4.69) is 58.4 Å². The number of pyridine rings is 1. The molecule has 1 fully saturated rings. The van der Waals surface area contributed by atoms with E-state index in [1.165, 1.54) is 11.3 Å². The van der Waals surface area contributed by atoms with Crippen LogP contribution in [0.1, 0.15) is 18.1 Å². The molecule has 0 bridgehead atoms. The van der Waals surface area contributed by atoms with Gasteiger partial charge in [-0.2, -0.15) is 0 Å². The lowest BCUT2D eigenvalue weighted by Gasteiger charge is -2.36. The molecule has 5 nitrogen and oxygen atoms in total. The number of nitrogens with one attached hydrogen (secondary N) is 1. The minimum Gasteiger partial charge on any atom is -0.381 e. The number of nitrogens with zero attached hydrogens (tertiary/aromatic N) is 3. The molecule has 1 saturated heterocycles. The molecule has 0 radical (unpaired) electrons. The summed E-state index contributed by atoms with van der Waals surface area (Å²) in [4.78, 5) is 17.1. The van der Waals surface area contributed by atoms with Gasteiger partial charge in [0.15, 0.2) is 0 Å². The van der Waals surface area contributed by atoms with Crippen molar-refractivity contribution >= 4 is 22.3 Å². The standard InChI is InChI=1S/C24H30N4O/c1-4-27-11-13-28(14-12-27)23-8-6-5-7-19(23)17-25-21-9-10-22-20(16-21)15-18(2)24(29)26(22)3/h5-10,15-16,25H,4,11-14,17H2,1-3H3. The van der Waals surface area contributed by atoms with Crippen molar-refractivity contribution < 1.29 is 0 Å². The number of rotatable bonds is 5. The molecule has 0 aliphatic carbocycles. The summed E-state index contributed by atoms with van der Waals surface area (Å²) in [5.74, 6) is 0. The van der Waals surface area contributed by atoms with Crippen LogP contribution in [0.2, 0.25) is 0 Å². The average molecular weight is 391 g/mol. The van der Waals surface area contributed by atoms with E-state index in [-0.39, 0.29) is 5.56 Å². The van der Waals surface area contributed by atoms with Crippen molar-refractivity contribution in [2.75, 3.05) is 42.9 Å². The van der Waals surface area contributed by atoms with E-state index in [0.717, 1.165) is 61.4 Å². The molecule has 1 aromatic heterocycles. The van der Waals surface area contributed by atoms with E-state index in [0.29, 0.717) is 0 Å². The third kappa shape index (κ3) is 4.01. The minimum absolute atomic E-state index is 0.0651. The van der Waals surface area contributed by atoms with Gasteiger partial charge >= 0.3 is 0 Å². The maximum absolute atomic E-state index is 12.1. The number of hydrogen-bond acceptors (Lipinski definition) is 4. The molecule has 152 valence electrons. The Bertz CT molecular complexity index is 1060. The number of aromatic nitrogens is 1. The van der Waals surface area contributed by atoms with Gasteiger partial charge in [0, 0.05) is 62.1 Å². The van der Waals surface area contributed by atoms with Crippen molar-refractivity contribution in [3.63, 3.8) is 0 Å². The number of para-hydroxylation sites is 1. The molecule has 5 heteroatoms. The van der Waals surface area contributed by atoms with Gasteiger partial charge in [-0.15, -0.1) is 0 Å². The van der Waals surface area contributed by atoms with Crippen molar-refractivity contribution in [3.05, 3.63) is 70.0 Å². The highest BCUT2D eigenvalue weighted by molar-refractivity contribution is 5.83. The first-order valence-electron chi connectivity index (χ1n) is 10.5. The molecule has 3 aromatic rings. The minimum atomic E-state index is 0.0651. The van der Waals surface area contributed by atoms with E-state index in [9.17, 15) is 4.79 Å². The second kappa shape index (κ2) is 8.29. The number of fused-ring (bicyclic) bond motifs is 1. The molecule has 0 atom stereocenters. The zero-order valence-electron chi connectivity index (χ0n) is 17.6. The van der Waals surface area contributed by atoms with E-state index < -0.39 is 0 Å². The van der Waals surface area contributed by atoms with Crippen molar-refractivity contribution in [3.8, 4) is 0 Å². The first-order valence-corrected chi connectivity index (χ1v) is 10.5. The Labute approximate surface area is 172 Å². The molecule has 0 amide bonds. The molecular formula is C24H30N4O. The molecule has 1 N–H and O–H groups in total. The second-order valence-electron chi connectivity index (χ2n) is 7.87. The maximum atomic E-state index is 12.1. The van der Waals surface area contributed by atoms with E-state index in [1.807, 2.05) is 26.1 Å². The summed E-state index contributed by atoms with van der Waals surface area (Å²) >= 11 is 0. The number of hydrogen-bond donors (Lipinski definition) is 1. The lowest BCUT2D eigenvalue weighted by atomic mass is 10.1. The third-order valence-corrected chi connectivity index (χ3v) is 6.04. The Morgan fingerprint density at radius 1 is 1.00 bits per heavy atom. The quantitative estimate of drug-likeness (QED) is 0.723. The third-order valence-electron chi connectivity index (χ3n) is 6.04. The van der Waals surface area contributed by atoms with Crippen LogP contribution in [-0.4, -0.2) is 42.2 Å². The smallest absolute Gasteiger partial charge is 0.253 e. The fourth-order valence-corrected chi connectivity index (χ4v) is 4.23. The van der Waals surface area contributed by atoms with Crippen molar-refractivity contribution in [1.29, 1.82) is 0 Å². The van der Waals surface area contributed by atoms with E-state index in [4.69, 9.17) is 0 Å². The molecule has 1 aliphatic rings. The van der Waals surface area contributed by atoms with Gasteiger partial charge in [-0.1, -0.05) is 25.1 Å². The monoisotopic (exact) mass is 390 g/mol. The molecular weight excluding hydrogens is 360 g/mol. The Morgan fingerprint density at radius 2 is 1.76 bits per heavy atom. The average Bonchev–Trinajstić information content (AvgIpc) is 2.76. The zero-order chi connectivity index (χ0) is 20.4. The Kier molecular flexibility index (Phi) is 5.58. The Balaban J connectivity index is 1.52. The van der Waals surface area contributed by atoms with Gasteiger partial charge in [0.25, 0.3) is 5.56 Å². The molecule has 2 heterocycles. The normalized spacial score (nSPS) is 15.1.